The fraction of sp³-hybridized carbons (Fsp3) is 0.0435. The summed E-state index contributed by atoms with van der Waals surface area (Å²) < 4.78 is 0. The zero-order valence-corrected chi connectivity index (χ0v) is 15.3. The van der Waals surface area contributed by atoms with Gasteiger partial charge in [-0.15, -0.1) is 0 Å². The fourth-order valence-corrected chi connectivity index (χ4v) is 2.96. The number of pyridine rings is 2. The molecule has 5 nitrogen and oxygen atoms in total. The van der Waals surface area contributed by atoms with Crippen LogP contribution in [0.2, 0.25) is 0 Å². The van der Waals surface area contributed by atoms with E-state index in [0.717, 1.165) is 27.7 Å². The quantitative estimate of drug-likeness (QED) is 0.429. The monoisotopic (exact) mass is 366 g/mol. The van der Waals surface area contributed by atoms with Gasteiger partial charge in [-0.2, -0.15) is 5.10 Å². The van der Waals surface area contributed by atoms with Crippen LogP contribution >= 0.6 is 0 Å². The van der Waals surface area contributed by atoms with Gasteiger partial charge in [0.05, 0.1) is 22.5 Å². The lowest BCUT2D eigenvalue weighted by Gasteiger charge is -2.09. The fourth-order valence-electron chi connectivity index (χ4n) is 2.96. The molecule has 0 bridgehead atoms. The van der Waals surface area contributed by atoms with E-state index >= 15 is 0 Å². The number of aromatic nitrogens is 2. The van der Waals surface area contributed by atoms with Crippen LogP contribution in [-0.4, -0.2) is 21.6 Å². The largest absolute Gasteiger partial charge is 0.272 e. The van der Waals surface area contributed by atoms with Crippen LogP contribution in [0.15, 0.2) is 90.3 Å². The summed E-state index contributed by atoms with van der Waals surface area (Å²) >= 11 is 0. The Morgan fingerprint density at radius 1 is 0.964 bits per heavy atom. The van der Waals surface area contributed by atoms with Gasteiger partial charge >= 0.3 is 0 Å². The number of hydrogen-bond donors (Lipinski definition) is 1. The van der Waals surface area contributed by atoms with Crippen molar-refractivity contribution in [3.63, 3.8) is 0 Å². The first kappa shape index (κ1) is 17.5. The van der Waals surface area contributed by atoms with Crippen molar-refractivity contribution >= 4 is 22.5 Å². The molecule has 2 aromatic heterocycles. The summed E-state index contributed by atoms with van der Waals surface area (Å²) in [6.07, 6.45) is 3.41. The van der Waals surface area contributed by atoms with Crippen molar-refractivity contribution < 1.29 is 4.79 Å². The molecule has 0 fully saturated rings. The minimum absolute atomic E-state index is 0.279. The summed E-state index contributed by atoms with van der Waals surface area (Å²) in [5.41, 5.74) is 7.20. The van der Waals surface area contributed by atoms with E-state index in [4.69, 9.17) is 4.98 Å². The van der Waals surface area contributed by atoms with Crippen LogP contribution < -0.4 is 5.43 Å². The molecule has 0 spiro atoms. The van der Waals surface area contributed by atoms with Gasteiger partial charge in [0.25, 0.3) is 5.91 Å². The minimum Gasteiger partial charge on any atom is -0.267 e. The average Bonchev–Trinajstić information content (AvgIpc) is 2.77. The van der Waals surface area contributed by atoms with Gasteiger partial charge in [-0.3, -0.25) is 9.78 Å². The molecule has 1 N–H and O–H groups in total. The average molecular weight is 366 g/mol. The smallest absolute Gasteiger partial charge is 0.267 e. The number of benzene rings is 2. The highest BCUT2D eigenvalue weighted by molar-refractivity contribution is 6.08. The standard InChI is InChI=1S/C23H18N4O/c1-16(18-10-7-13-24-15-18)26-27-23(28)20-14-22(17-8-3-2-4-9-17)25-21-12-6-5-11-19(20)21/h2-15H,1H3,(H,27,28)/b26-16+. The van der Waals surface area contributed by atoms with Crippen LogP contribution in [-0.2, 0) is 0 Å². The Hall–Kier alpha value is -3.86. The number of rotatable bonds is 4. The van der Waals surface area contributed by atoms with Gasteiger partial charge in [0, 0.05) is 28.9 Å². The molecule has 4 rings (SSSR count). The highest BCUT2D eigenvalue weighted by atomic mass is 16.2. The zero-order chi connectivity index (χ0) is 19.3. The number of nitrogens with zero attached hydrogens (tertiary/aromatic N) is 3. The molecule has 0 unspecified atom stereocenters. The summed E-state index contributed by atoms with van der Waals surface area (Å²) in [6, 6.07) is 23.0. The predicted molar refractivity (Wildman–Crippen MR) is 111 cm³/mol. The molecule has 5 heteroatoms. The van der Waals surface area contributed by atoms with Crippen LogP contribution in [0, 0.1) is 0 Å². The number of carbonyl (C=O) groups excluding carboxylic acids is 1. The number of hydrogen-bond acceptors (Lipinski definition) is 4. The molecule has 0 aliphatic carbocycles. The van der Waals surface area contributed by atoms with E-state index in [9.17, 15) is 4.79 Å². The van der Waals surface area contributed by atoms with Gasteiger partial charge in [-0.1, -0.05) is 54.6 Å². The van der Waals surface area contributed by atoms with Crippen LogP contribution in [0.25, 0.3) is 22.2 Å². The minimum atomic E-state index is -0.279. The van der Waals surface area contributed by atoms with Crippen LogP contribution in [0.3, 0.4) is 0 Å². The molecule has 2 aromatic carbocycles. The molecule has 0 saturated heterocycles. The summed E-state index contributed by atoms with van der Waals surface area (Å²) in [6.45, 7) is 1.83. The molecule has 0 aliphatic heterocycles. The van der Waals surface area contributed by atoms with E-state index < -0.39 is 0 Å². The Morgan fingerprint density at radius 2 is 1.75 bits per heavy atom. The Bertz CT molecular complexity index is 1160. The van der Waals surface area contributed by atoms with E-state index in [1.807, 2.05) is 79.7 Å². The Balaban J connectivity index is 1.72. The van der Waals surface area contributed by atoms with Gasteiger partial charge in [-0.25, -0.2) is 10.4 Å². The molecular weight excluding hydrogens is 348 g/mol. The maximum Gasteiger partial charge on any atom is 0.272 e. The molecule has 0 atom stereocenters. The van der Waals surface area contributed by atoms with Crippen molar-refractivity contribution in [1.29, 1.82) is 0 Å². The normalized spacial score (nSPS) is 11.4. The topological polar surface area (TPSA) is 67.2 Å². The van der Waals surface area contributed by atoms with Crippen molar-refractivity contribution in [2.75, 3.05) is 0 Å². The predicted octanol–water partition coefficient (Wildman–Crippen LogP) is 4.45. The summed E-state index contributed by atoms with van der Waals surface area (Å²) in [4.78, 5) is 21.7. The van der Waals surface area contributed by atoms with Gasteiger partial charge in [0.1, 0.15) is 0 Å². The number of amides is 1. The molecule has 4 aromatic rings. The molecule has 0 saturated carbocycles. The summed E-state index contributed by atoms with van der Waals surface area (Å²) in [7, 11) is 0. The molecule has 136 valence electrons. The first-order valence-corrected chi connectivity index (χ1v) is 8.92. The van der Waals surface area contributed by atoms with E-state index in [-0.39, 0.29) is 5.91 Å². The summed E-state index contributed by atoms with van der Waals surface area (Å²) in [5.74, 6) is -0.279. The third-order valence-corrected chi connectivity index (χ3v) is 4.43. The third kappa shape index (κ3) is 3.64. The maximum atomic E-state index is 12.9. The van der Waals surface area contributed by atoms with Gasteiger partial charge < -0.3 is 0 Å². The number of fused-ring (bicyclic) bond motifs is 1. The number of nitrogens with one attached hydrogen (secondary N) is 1. The van der Waals surface area contributed by atoms with Gasteiger partial charge in [0.2, 0.25) is 0 Å². The van der Waals surface area contributed by atoms with E-state index in [0.29, 0.717) is 11.3 Å². The number of carbonyl (C=O) groups is 1. The second kappa shape index (κ2) is 7.80. The van der Waals surface area contributed by atoms with Gasteiger partial charge in [0.15, 0.2) is 0 Å². The molecule has 0 aliphatic rings. The van der Waals surface area contributed by atoms with Crippen LogP contribution in [0.4, 0.5) is 0 Å². The van der Waals surface area contributed by atoms with Crippen molar-refractivity contribution in [2.45, 2.75) is 6.92 Å². The molecule has 2 heterocycles. The Morgan fingerprint density at radius 3 is 2.54 bits per heavy atom. The van der Waals surface area contributed by atoms with Gasteiger partial charge in [-0.05, 0) is 25.1 Å². The van der Waals surface area contributed by atoms with Crippen LogP contribution in [0.5, 0.6) is 0 Å². The molecule has 28 heavy (non-hydrogen) atoms. The number of hydrazone groups is 1. The first-order valence-electron chi connectivity index (χ1n) is 8.92. The van der Waals surface area contributed by atoms with Crippen molar-refractivity contribution in [3.05, 3.63) is 96.3 Å². The number of para-hydroxylation sites is 1. The highest BCUT2D eigenvalue weighted by Gasteiger charge is 2.13. The lowest BCUT2D eigenvalue weighted by molar-refractivity contribution is 0.0956. The molecular formula is C23H18N4O. The highest BCUT2D eigenvalue weighted by Crippen LogP contribution is 2.24. The SMILES string of the molecule is C/C(=N\NC(=O)c1cc(-c2ccccc2)nc2ccccc12)c1cccnc1. The Kier molecular flexibility index (Phi) is 4.89. The summed E-state index contributed by atoms with van der Waals surface area (Å²) in [5, 5.41) is 5.02. The van der Waals surface area contributed by atoms with Crippen molar-refractivity contribution in [1.82, 2.24) is 15.4 Å². The molecule has 1 amide bonds. The van der Waals surface area contributed by atoms with E-state index in [2.05, 4.69) is 15.5 Å². The first-order chi connectivity index (χ1) is 13.7. The molecule has 0 radical (unpaired) electrons. The third-order valence-electron chi connectivity index (χ3n) is 4.43. The lowest BCUT2D eigenvalue weighted by Crippen LogP contribution is -2.20. The van der Waals surface area contributed by atoms with E-state index in [1.165, 1.54) is 0 Å². The van der Waals surface area contributed by atoms with Crippen molar-refractivity contribution in [2.24, 2.45) is 5.10 Å². The second-order valence-corrected chi connectivity index (χ2v) is 6.32. The zero-order valence-electron chi connectivity index (χ0n) is 15.3. The maximum absolute atomic E-state index is 12.9. The Labute approximate surface area is 162 Å². The van der Waals surface area contributed by atoms with Crippen LogP contribution in [0.1, 0.15) is 22.8 Å². The second-order valence-electron chi connectivity index (χ2n) is 6.32. The van der Waals surface area contributed by atoms with Crippen molar-refractivity contribution in [3.8, 4) is 11.3 Å². The van der Waals surface area contributed by atoms with E-state index in [1.54, 1.807) is 12.4 Å². The lowest BCUT2D eigenvalue weighted by atomic mass is 10.0.